The number of nitrogens with zero attached hydrogens (tertiary/aromatic N) is 6. The van der Waals surface area contributed by atoms with Crippen LogP contribution in [0.15, 0.2) is 36.5 Å². The molecule has 0 bridgehead atoms. The maximum absolute atomic E-state index is 5.26. The summed E-state index contributed by atoms with van der Waals surface area (Å²) in [4.78, 5) is 15.4. The van der Waals surface area contributed by atoms with E-state index in [1.54, 1.807) is 0 Å². The Bertz CT molecular complexity index is 1090. The van der Waals surface area contributed by atoms with Crippen LogP contribution in [0.2, 0.25) is 0 Å². The number of aryl methyl sites for hydroxylation is 2. The Kier molecular flexibility index (Phi) is 6.45. The predicted molar refractivity (Wildman–Crippen MR) is 132 cm³/mol. The number of piperidine rings is 1. The molecule has 3 aromatic rings. The first-order chi connectivity index (χ1) is 16.1. The fraction of sp³-hybridized carbons (Fsp3) is 0.519. The van der Waals surface area contributed by atoms with Crippen LogP contribution in [0.5, 0.6) is 0 Å². The SMILES string of the molecule is Cc1nc([C@H]2CCCCN2Cc2cnn(C)c2C)nc2c1CCCN2CCc1ccccc1. The largest absolute Gasteiger partial charge is 0.356 e. The van der Waals surface area contributed by atoms with E-state index in [1.807, 2.05) is 17.9 Å². The van der Waals surface area contributed by atoms with Crippen molar-refractivity contribution in [1.29, 1.82) is 0 Å². The van der Waals surface area contributed by atoms with Gasteiger partial charge < -0.3 is 4.90 Å². The molecule has 2 aromatic heterocycles. The lowest BCUT2D eigenvalue weighted by Crippen LogP contribution is -2.36. The summed E-state index contributed by atoms with van der Waals surface area (Å²) in [6, 6.07) is 11.1. The van der Waals surface area contributed by atoms with Gasteiger partial charge in [-0.15, -0.1) is 0 Å². The topological polar surface area (TPSA) is 50.1 Å². The molecule has 2 aliphatic rings. The molecule has 6 nitrogen and oxygen atoms in total. The number of benzene rings is 1. The number of anilines is 1. The summed E-state index contributed by atoms with van der Waals surface area (Å²) in [7, 11) is 2.02. The van der Waals surface area contributed by atoms with Crippen LogP contribution >= 0.6 is 0 Å². The Hall–Kier alpha value is -2.73. The van der Waals surface area contributed by atoms with E-state index in [2.05, 4.69) is 59.1 Å². The van der Waals surface area contributed by atoms with Crippen LogP contribution in [0.4, 0.5) is 5.82 Å². The monoisotopic (exact) mass is 444 g/mol. The van der Waals surface area contributed by atoms with Crippen LogP contribution in [0.3, 0.4) is 0 Å². The Morgan fingerprint density at radius 2 is 1.85 bits per heavy atom. The van der Waals surface area contributed by atoms with Crippen molar-refractivity contribution in [3.63, 3.8) is 0 Å². The van der Waals surface area contributed by atoms with Gasteiger partial charge in [-0.1, -0.05) is 36.8 Å². The lowest BCUT2D eigenvalue weighted by Gasteiger charge is -2.36. The number of hydrogen-bond donors (Lipinski definition) is 0. The van der Waals surface area contributed by atoms with Gasteiger partial charge in [0.1, 0.15) is 11.6 Å². The average molecular weight is 445 g/mol. The first-order valence-corrected chi connectivity index (χ1v) is 12.5. The van der Waals surface area contributed by atoms with Crippen LogP contribution in [0, 0.1) is 13.8 Å². The lowest BCUT2D eigenvalue weighted by molar-refractivity contribution is 0.133. The van der Waals surface area contributed by atoms with Crippen LogP contribution in [0.25, 0.3) is 0 Å². The molecule has 1 atom stereocenters. The molecule has 1 aromatic carbocycles. The summed E-state index contributed by atoms with van der Waals surface area (Å²) in [6.45, 7) is 8.45. The fourth-order valence-corrected chi connectivity index (χ4v) is 5.38. The third-order valence-corrected chi connectivity index (χ3v) is 7.50. The van der Waals surface area contributed by atoms with E-state index in [-0.39, 0.29) is 6.04 Å². The molecule has 4 heterocycles. The highest BCUT2D eigenvalue weighted by Gasteiger charge is 2.30. The molecule has 33 heavy (non-hydrogen) atoms. The number of aromatic nitrogens is 4. The first-order valence-electron chi connectivity index (χ1n) is 12.5. The van der Waals surface area contributed by atoms with Gasteiger partial charge in [0.25, 0.3) is 0 Å². The minimum atomic E-state index is 0.278. The molecule has 0 radical (unpaired) electrons. The molecule has 174 valence electrons. The highest BCUT2D eigenvalue weighted by molar-refractivity contribution is 5.51. The second kappa shape index (κ2) is 9.64. The molecule has 1 fully saturated rings. The second-order valence-corrected chi connectivity index (χ2v) is 9.66. The molecule has 0 saturated carbocycles. The van der Waals surface area contributed by atoms with Crippen molar-refractivity contribution < 1.29 is 0 Å². The molecule has 5 rings (SSSR count). The van der Waals surface area contributed by atoms with E-state index in [9.17, 15) is 0 Å². The number of rotatable bonds is 6. The Balaban J connectivity index is 1.40. The first kappa shape index (κ1) is 22.1. The van der Waals surface area contributed by atoms with Crippen molar-refractivity contribution in [3.8, 4) is 0 Å². The molecule has 1 saturated heterocycles. The van der Waals surface area contributed by atoms with Gasteiger partial charge in [0.15, 0.2) is 0 Å². The van der Waals surface area contributed by atoms with E-state index in [0.29, 0.717) is 0 Å². The fourth-order valence-electron chi connectivity index (χ4n) is 5.38. The molecule has 2 aliphatic heterocycles. The van der Waals surface area contributed by atoms with Gasteiger partial charge >= 0.3 is 0 Å². The molecule has 0 N–H and O–H groups in total. The van der Waals surface area contributed by atoms with Crippen LogP contribution in [-0.2, 0) is 26.4 Å². The zero-order valence-electron chi connectivity index (χ0n) is 20.3. The van der Waals surface area contributed by atoms with Crippen molar-refractivity contribution >= 4 is 5.82 Å². The van der Waals surface area contributed by atoms with E-state index in [1.165, 1.54) is 53.2 Å². The van der Waals surface area contributed by atoms with Crippen molar-refractivity contribution in [2.75, 3.05) is 24.5 Å². The Morgan fingerprint density at radius 1 is 1.00 bits per heavy atom. The second-order valence-electron chi connectivity index (χ2n) is 9.66. The maximum atomic E-state index is 5.26. The molecular weight excluding hydrogens is 408 g/mol. The maximum Gasteiger partial charge on any atom is 0.148 e. The summed E-state index contributed by atoms with van der Waals surface area (Å²) in [5.74, 6) is 2.20. The van der Waals surface area contributed by atoms with Gasteiger partial charge in [0.2, 0.25) is 0 Å². The van der Waals surface area contributed by atoms with Crippen molar-refractivity contribution in [3.05, 3.63) is 70.4 Å². The van der Waals surface area contributed by atoms with Crippen LogP contribution < -0.4 is 4.90 Å². The van der Waals surface area contributed by atoms with Gasteiger partial charge in [-0.2, -0.15) is 5.10 Å². The third-order valence-electron chi connectivity index (χ3n) is 7.50. The summed E-state index contributed by atoms with van der Waals surface area (Å²) in [6.07, 6.45) is 8.95. The van der Waals surface area contributed by atoms with Crippen molar-refractivity contribution in [2.24, 2.45) is 7.05 Å². The number of hydrogen-bond acceptors (Lipinski definition) is 5. The Labute approximate surface area is 197 Å². The highest BCUT2D eigenvalue weighted by atomic mass is 15.3. The molecule has 0 aliphatic carbocycles. The quantitative estimate of drug-likeness (QED) is 0.558. The van der Waals surface area contributed by atoms with E-state index < -0.39 is 0 Å². The molecule has 0 amide bonds. The van der Waals surface area contributed by atoms with Crippen molar-refractivity contribution in [1.82, 2.24) is 24.6 Å². The molecule has 0 spiro atoms. The molecular formula is C27H36N6. The van der Waals surface area contributed by atoms with E-state index in [4.69, 9.17) is 9.97 Å². The Morgan fingerprint density at radius 3 is 2.64 bits per heavy atom. The molecule has 6 heteroatoms. The minimum absolute atomic E-state index is 0.278. The van der Waals surface area contributed by atoms with Gasteiger partial charge in [-0.3, -0.25) is 9.58 Å². The van der Waals surface area contributed by atoms with Crippen LogP contribution in [-0.4, -0.2) is 44.3 Å². The zero-order chi connectivity index (χ0) is 22.8. The molecule has 0 unspecified atom stereocenters. The van der Waals surface area contributed by atoms with Gasteiger partial charge in [-0.25, -0.2) is 9.97 Å². The standard InChI is InChI=1S/C27H36N6/c1-20-24-12-9-16-32(17-14-22-10-5-4-6-11-22)27(24)30-26(29-20)25-13-7-8-15-33(25)19-23-18-28-31(3)21(23)2/h4-6,10-11,18,25H,7-9,12-17,19H2,1-3H3/t25-/m1/s1. The van der Waals surface area contributed by atoms with Crippen LogP contribution in [0.1, 0.15) is 65.6 Å². The third kappa shape index (κ3) is 4.67. The number of fused-ring (bicyclic) bond motifs is 1. The van der Waals surface area contributed by atoms with Gasteiger partial charge in [0.05, 0.1) is 12.2 Å². The highest BCUT2D eigenvalue weighted by Crippen LogP contribution is 2.34. The summed E-state index contributed by atoms with van der Waals surface area (Å²) in [5, 5.41) is 4.46. The van der Waals surface area contributed by atoms with Crippen molar-refractivity contribution in [2.45, 2.75) is 65.0 Å². The summed E-state index contributed by atoms with van der Waals surface area (Å²) >= 11 is 0. The smallest absolute Gasteiger partial charge is 0.148 e. The van der Waals surface area contributed by atoms with E-state index in [0.717, 1.165) is 51.3 Å². The summed E-state index contributed by atoms with van der Waals surface area (Å²) in [5.41, 5.74) is 6.46. The van der Waals surface area contributed by atoms with Gasteiger partial charge in [0, 0.05) is 49.2 Å². The van der Waals surface area contributed by atoms with E-state index >= 15 is 0 Å². The number of likely N-dealkylation sites (tertiary alicyclic amines) is 1. The predicted octanol–water partition coefficient (Wildman–Crippen LogP) is 4.55. The van der Waals surface area contributed by atoms with Gasteiger partial charge in [-0.05, 0) is 58.1 Å². The zero-order valence-corrected chi connectivity index (χ0v) is 20.3. The minimum Gasteiger partial charge on any atom is -0.356 e. The lowest BCUT2D eigenvalue weighted by atomic mass is 9.98. The average Bonchev–Trinajstić information content (AvgIpc) is 3.16. The summed E-state index contributed by atoms with van der Waals surface area (Å²) < 4.78 is 1.97. The normalized spacial score (nSPS) is 19.0.